The zero-order valence-corrected chi connectivity index (χ0v) is 13.0. The van der Waals surface area contributed by atoms with Crippen LogP contribution in [0.4, 0.5) is 0 Å². The number of rotatable bonds is 8. The van der Waals surface area contributed by atoms with E-state index in [0.717, 1.165) is 31.7 Å². The van der Waals surface area contributed by atoms with Gasteiger partial charge in [-0.15, -0.1) is 0 Å². The van der Waals surface area contributed by atoms with Crippen LogP contribution in [0.3, 0.4) is 0 Å². The molecule has 1 N–H and O–H groups in total. The van der Waals surface area contributed by atoms with Gasteiger partial charge in [0.25, 0.3) is 0 Å². The number of ether oxygens (including phenoxy) is 1. The molecule has 0 aliphatic heterocycles. The van der Waals surface area contributed by atoms with Crippen molar-refractivity contribution >= 4 is 0 Å². The second-order valence-corrected chi connectivity index (χ2v) is 5.17. The van der Waals surface area contributed by atoms with Crippen molar-refractivity contribution in [3.05, 3.63) is 65.7 Å². The topological polar surface area (TPSA) is 21.3 Å². The van der Waals surface area contributed by atoms with Crippen LogP contribution in [-0.4, -0.2) is 13.2 Å². The van der Waals surface area contributed by atoms with Crippen LogP contribution in [0.15, 0.2) is 54.6 Å². The Morgan fingerprint density at radius 2 is 1.57 bits per heavy atom. The van der Waals surface area contributed by atoms with Crippen LogP contribution < -0.4 is 10.1 Å². The summed E-state index contributed by atoms with van der Waals surface area (Å²) in [5, 5.41) is 3.55. The van der Waals surface area contributed by atoms with E-state index in [2.05, 4.69) is 73.8 Å². The molecule has 21 heavy (non-hydrogen) atoms. The molecule has 0 amide bonds. The van der Waals surface area contributed by atoms with Crippen LogP contribution >= 0.6 is 0 Å². The van der Waals surface area contributed by atoms with Gasteiger partial charge in [-0.3, -0.25) is 0 Å². The summed E-state index contributed by atoms with van der Waals surface area (Å²) in [5.74, 6) is 0.954. The fourth-order valence-corrected chi connectivity index (χ4v) is 2.37. The van der Waals surface area contributed by atoms with Crippen molar-refractivity contribution in [2.24, 2.45) is 0 Å². The molecule has 0 aliphatic rings. The lowest BCUT2D eigenvalue weighted by Crippen LogP contribution is -2.21. The van der Waals surface area contributed by atoms with Crippen molar-refractivity contribution in [2.45, 2.75) is 32.7 Å². The van der Waals surface area contributed by atoms with E-state index >= 15 is 0 Å². The third-order valence-corrected chi connectivity index (χ3v) is 3.52. The molecule has 0 aliphatic carbocycles. The molecule has 0 bridgehead atoms. The van der Waals surface area contributed by atoms with Gasteiger partial charge in [-0.25, -0.2) is 0 Å². The van der Waals surface area contributed by atoms with Gasteiger partial charge in [0.1, 0.15) is 5.75 Å². The number of benzene rings is 2. The molecule has 0 heterocycles. The molecule has 0 saturated heterocycles. The zero-order valence-electron chi connectivity index (χ0n) is 13.0. The lowest BCUT2D eigenvalue weighted by molar-refractivity contribution is 0.309. The highest BCUT2D eigenvalue weighted by atomic mass is 16.5. The Morgan fingerprint density at radius 1 is 0.905 bits per heavy atom. The summed E-state index contributed by atoms with van der Waals surface area (Å²) in [6, 6.07) is 19.2. The Morgan fingerprint density at radius 3 is 2.19 bits per heavy atom. The Kier molecular flexibility index (Phi) is 6.29. The van der Waals surface area contributed by atoms with E-state index in [4.69, 9.17) is 4.74 Å². The van der Waals surface area contributed by atoms with E-state index in [0.29, 0.717) is 0 Å². The van der Waals surface area contributed by atoms with E-state index in [-0.39, 0.29) is 6.04 Å². The van der Waals surface area contributed by atoms with E-state index in [1.54, 1.807) is 0 Å². The monoisotopic (exact) mass is 283 g/mol. The number of hydrogen-bond donors (Lipinski definition) is 1. The van der Waals surface area contributed by atoms with Crippen LogP contribution in [0.1, 0.15) is 43.9 Å². The highest BCUT2D eigenvalue weighted by Gasteiger charge is 2.12. The van der Waals surface area contributed by atoms with Gasteiger partial charge in [0.15, 0.2) is 0 Å². The van der Waals surface area contributed by atoms with E-state index < -0.39 is 0 Å². The van der Waals surface area contributed by atoms with Gasteiger partial charge >= 0.3 is 0 Å². The molecule has 2 aromatic carbocycles. The summed E-state index contributed by atoms with van der Waals surface area (Å²) in [6.07, 6.45) is 2.26. The summed E-state index contributed by atoms with van der Waals surface area (Å²) in [6.45, 7) is 6.05. The van der Waals surface area contributed by atoms with Crippen LogP contribution in [0.25, 0.3) is 0 Å². The first kappa shape index (κ1) is 15.6. The molecule has 0 aromatic heterocycles. The van der Waals surface area contributed by atoms with Gasteiger partial charge in [0.05, 0.1) is 12.6 Å². The van der Waals surface area contributed by atoms with Crippen LogP contribution in [0.2, 0.25) is 0 Å². The maximum absolute atomic E-state index is 5.73. The molecule has 0 radical (unpaired) electrons. The van der Waals surface area contributed by atoms with Crippen molar-refractivity contribution in [1.29, 1.82) is 0 Å². The molecule has 1 unspecified atom stereocenters. The van der Waals surface area contributed by atoms with Gasteiger partial charge in [0, 0.05) is 0 Å². The van der Waals surface area contributed by atoms with Crippen molar-refractivity contribution < 1.29 is 4.74 Å². The third-order valence-electron chi connectivity index (χ3n) is 3.52. The van der Waals surface area contributed by atoms with Gasteiger partial charge in [-0.1, -0.05) is 62.7 Å². The standard InChI is InChI=1S/C19H25NO/c1-3-5-15-21-18-13-11-17(12-14-18)19(20-4-2)16-9-7-6-8-10-16/h6-14,19-20H,3-5,15H2,1-2H3. The molecule has 2 rings (SSSR count). The SMILES string of the molecule is CCCCOc1ccc(C(NCC)c2ccccc2)cc1. The molecular formula is C19H25NO. The third kappa shape index (κ3) is 4.61. The van der Waals surface area contributed by atoms with Crippen LogP contribution in [-0.2, 0) is 0 Å². The first-order chi connectivity index (χ1) is 10.3. The van der Waals surface area contributed by atoms with Crippen molar-refractivity contribution in [1.82, 2.24) is 5.32 Å². The maximum atomic E-state index is 5.73. The molecule has 112 valence electrons. The van der Waals surface area contributed by atoms with Crippen LogP contribution in [0.5, 0.6) is 5.75 Å². The normalized spacial score (nSPS) is 12.1. The largest absolute Gasteiger partial charge is 0.494 e. The average Bonchev–Trinajstić information content (AvgIpc) is 2.54. The molecule has 0 spiro atoms. The zero-order chi connectivity index (χ0) is 14.9. The minimum Gasteiger partial charge on any atom is -0.494 e. The summed E-state index contributed by atoms with van der Waals surface area (Å²) >= 11 is 0. The summed E-state index contributed by atoms with van der Waals surface area (Å²) in [7, 11) is 0. The average molecular weight is 283 g/mol. The quantitative estimate of drug-likeness (QED) is 0.717. The fourth-order valence-electron chi connectivity index (χ4n) is 2.37. The minimum absolute atomic E-state index is 0.237. The summed E-state index contributed by atoms with van der Waals surface area (Å²) in [4.78, 5) is 0. The number of unbranched alkanes of at least 4 members (excludes halogenated alkanes) is 1. The Labute approximate surface area is 128 Å². The molecule has 0 saturated carbocycles. The number of hydrogen-bond acceptors (Lipinski definition) is 2. The lowest BCUT2D eigenvalue weighted by Gasteiger charge is -2.19. The molecule has 1 atom stereocenters. The van der Waals surface area contributed by atoms with Crippen molar-refractivity contribution in [2.75, 3.05) is 13.2 Å². The lowest BCUT2D eigenvalue weighted by atomic mass is 9.98. The van der Waals surface area contributed by atoms with Gasteiger partial charge in [-0.05, 0) is 36.2 Å². The smallest absolute Gasteiger partial charge is 0.119 e. The second kappa shape index (κ2) is 8.48. The predicted molar refractivity (Wildman–Crippen MR) is 88.8 cm³/mol. The Bertz CT molecular complexity index is 507. The highest BCUT2D eigenvalue weighted by Crippen LogP contribution is 2.24. The highest BCUT2D eigenvalue weighted by molar-refractivity contribution is 5.35. The maximum Gasteiger partial charge on any atom is 0.119 e. The van der Waals surface area contributed by atoms with Crippen molar-refractivity contribution in [3.8, 4) is 5.75 Å². The fraction of sp³-hybridized carbons (Fsp3) is 0.368. The van der Waals surface area contributed by atoms with Gasteiger partial charge in [-0.2, -0.15) is 0 Å². The molecule has 0 fully saturated rings. The molecular weight excluding hydrogens is 258 g/mol. The van der Waals surface area contributed by atoms with Gasteiger partial charge < -0.3 is 10.1 Å². The first-order valence-corrected chi connectivity index (χ1v) is 7.86. The minimum atomic E-state index is 0.237. The molecule has 2 nitrogen and oxygen atoms in total. The van der Waals surface area contributed by atoms with E-state index in [9.17, 15) is 0 Å². The Hall–Kier alpha value is -1.80. The number of nitrogens with one attached hydrogen (secondary N) is 1. The Balaban J connectivity index is 2.10. The first-order valence-electron chi connectivity index (χ1n) is 7.86. The summed E-state index contributed by atoms with van der Waals surface area (Å²) < 4.78 is 5.73. The summed E-state index contributed by atoms with van der Waals surface area (Å²) in [5.41, 5.74) is 2.56. The van der Waals surface area contributed by atoms with Gasteiger partial charge in [0.2, 0.25) is 0 Å². The molecule has 2 aromatic rings. The van der Waals surface area contributed by atoms with Crippen LogP contribution in [0, 0.1) is 0 Å². The van der Waals surface area contributed by atoms with E-state index in [1.165, 1.54) is 11.1 Å². The van der Waals surface area contributed by atoms with Crippen molar-refractivity contribution in [3.63, 3.8) is 0 Å². The predicted octanol–water partition coefficient (Wildman–Crippen LogP) is 4.56. The molecule has 2 heteroatoms. The second-order valence-electron chi connectivity index (χ2n) is 5.17. The van der Waals surface area contributed by atoms with E-state index in [1.807, 2.05) is 0 Å².